The Labute approximate surface area is 101 Å². The third-order valence-electron chi connectivity index (χ3n) is 3.53. The van der Waals surface area contributed by atoms with Crippen molar-refractivity contribution in [2.45, 2.75) is 18.0 Å². The van der Waals surface area contributed by atoms with Crippen LogP contribution in [0.3, 0.4) is 0 Å². The average Bonchev–Trinajstić information content (AvgIpc) is 2.60. The fourth-order valence-electron chi connectivity index (χ4n) is 2.83. The Hall–Kier alpha value is -1.64. The predicted octanol–water partition coefficient (Wildman–Crippen LogP) is 1.99. The number of fused-ring (bicyclic) bond motifs is 1. The van der Waals surface area contributed by atoms with Crippen molar-refractivity contribution < 1.29 is 0 Å². The molecule has 4 N–H and O–H groups in total. The molecule has 0 amide bonds. The first-order valence-corrected chi connectivity index (χ1v) is 5.89. The van der Waals surface area contributed by atoms with Gasteiger partial charge in [0.15, 0.2) is 0 Å². The molecule has 2 heteroatoms. The molecule has 0 aromatic heterocycles. The van der Waals surface area contributed by atoms with Crippen molar-refractivity contribution in [3.8, 4) is 0 Å². The van der Waals surface area contributed by atoms with Gasteiger partial charge in [-0.15, -0.1) is 0 Å². The number of benzene rings is 2. The Morgan fingerprint density at radius 3 is 2.29 bits per heavy atom. The molecule has 0 bridgehead atoms. The van der Waals surface area contributed by atoms with Crippen molar-refractivity contribution in [1.29, 1.82) is 0 Å². The van der Waals surface area contributed by atoms with Gasteiger partial charge in [0.2, 0.25) is 0 Å². The minimum atomic E-state index is -0.676. The van der Waals surface area contributed by atoms with Crippen LogP contribution >= 0.6 is 0 Å². The molecule has 0 saturated carbocycles. The van der Waals surface area contributed by atoms with Crippen LogP contribution in [0.5, 0.6) is 0 Å². The summed E-state index contributed by atoms with van der Waals surface area (Å²) < 4.78 is 0. The number of hydrogen-bond acceptors (Lipinski definition) is 2. The zero-order chi connectivity index (χ0) is 11.9. The third-order valence-corrected chi connectivity index (χ3v) is 3.53. The summed E-state index contributed by atoms with van der Waals surface area (Å²) in [7, 11) is 0. The highest BCUT2D eigenvalue weighted by Crippen LogP contribution is 2.40. The molecule has 0 heterocycles. The number of nitrogens with two attached hydrogens (primary N) is 2. The summed E-state index contributed by atoms with van der Waals surface area (Å²) in [6, 6.07) is 18.6. The van der Waals surface area contributed by atoms with Crippen molar-refractivity contribution in [1.82, 2.24) is 0 Å². The van der Waals surface area contributed by atoms with Crippen LogP contribution in [0, 0.1) is 0 Å². The van der Waals surface area contributed by atoms with Gasteiger partial charge in [-0.2, -0.15) is 0 Å². The van der Waals surface area contributed by atoms with Gasteiger partial charge in [0.05, 0.1) is 5.66 Å². The smallest absolute Gasteiger partial charge is 0.0790 e. The molecule has 1 unspecified atom stereocenters. The molecule has 86 valence electrons. The maximum Gasteiger partial charge on any atom is 0.0790 e. The second kappa shape index (κ2) is 3.69. The summed E-state index contributed by atoms with van der Waals surface area (Å²) in [5, 5.41) is 0. The summed E-state index contributed by atoms with van der Waals surface area (Å²) >= 11 is 0. The lowest BCUT2D eigenvalue weighted by Crippen LogP contribution is -2.53. The molecule has 0 aliphatic heterocycles. The van der Waals surface area contributed by atoms with E-state index in [1.165, 1.54) is 16.7 Å². The van der Waals surface area contributed by atoms with E-state index >= 15 is 0 Å². The van der Waals surface area contributed by atoms with Crippen molar-refractivity contribution in [3.63, 3.8) is 0 Å². The molecule has 2 aromatic carbocycles. The van der Waals surface area contributed by atoms with Crippen LogP contribution in [0.4, 0.5) is 0 Å². The van der Waals surface area contributed by atoms with Gasteiger partial charge in [0, 0.05) is 12.3 Å². The minimum absolute atomic E-state index is 0.0971. The summed E-state index contributed by atoms with van der Waals surface area (Å²) in [4.78, 5) is 0. The Kier molecular flexibility index (Phi) is 2.28. The van der Waals surface area contributed by atoms with Crippen LogP contribution in [0.1, 0.15) is 22.6 Å². The predicted molar refractivity (Wildman–Crippen MR) is 69.5 cm³/mol. The van der Waals surface area contributed by atoms with Gasteiger partial charge in [-0.25, -0.2) is 0 Å². The summed E-state index contributed by atoms with van der Waals surface area (Å²) in [6.45, 7) is 0. The molecule has 2 aromatic rings. The highest BCUT2D eigenvalue weighted by Gasteiger charge is 2.40. The highest BCUT2D eigenvalue weighted by molar-refractivity contribution is 5.46. The molecule has 0 saturated heterocycles. The SMILES string of the molecule is NC1(N)Cc2ccccc2C1c1ccccc1. The van der Waals surface area contributed by atoms with Gasteiger partial charge in [0.25, 0.3) is 0 Å². The second-order valence-electron chi connectivity index (χ2n) is 4.83. The largest absolute Gasteiger partial charge is 0.312 e. The van der Waals surface area contributed by atoms with E-state index in [0.29, 0.717) is 0 Å². The third kappa shape index (κ3) is 1.66. The van der Waals surface area contributed by atoms with Crippen molar-refractivity contribution in [3.05, 3.63) is 71.3 Å². The molecule has 3 rings (SSSR count). The maximum absolute atomic E-state index is 6.28. The molecule has 2 nitrogen and oxygen atoms in total. The van der Waals surface area contributed by atoms with Crippen LogP contribution < -0.4 is 11.5 Å². The molecule has 1 aliphatic carbocycles. The van der Waals surface area contributed by atoms with Crippen LogP contribution in [0.2, 0.25) is 0 Å². The van der Waals surface area contributed by atoms with Crippen molar-refractivity contribution >= 4 is 0 Å². The van der Waals surface area contributed by atoms with E-state index in [9.17, 15) is 0 Å². The fraction of sp³-hybridized carbons (Fsp3) is 0.200. The lowest BCUT2D eigenvalue weighted by molar-refractivity contribution is 0.422. The lowest BCUT2D eigenvalue weighted by Gasteiger charge is -2.27. The minimum Gasteiger partial charge on any atom is -0.312 e. The molecule has 1 atom stereocenters. The van der Waals surface area contributed by atoms with E-state index < -0.39 is 5.66 Å². The van der Waals surface area contributed by atoms with Crippen LogP contribution in [0.25, 0.3) is 0 Å². The topological polar surface area (TPSA) is 52.0 Å². The standard InChI is InChI=1S/C15H16N2/c16-15(17)10-12-8-4-5-9-13(12)14(15)11-6-2-1-3-7-11/h1-9,14H,10,16-17H2. The van der Waals surface area contributed by atoms with Gasteiger partial charge in [-0.05, 0) is 16.7 Å². The van der Waals surface area contributed by atoms with Crippen molar-refractivity contribution in [2.24, 2.45) is 11.5 Å². The normalized spacial score (nSPS) is 21.2. The molecule has 17 heavy (non-hydrogen) atoms. The van der Waals surface area contributed by atoms with Gasteiger partial charge in [-0.1, -0.05) is 54.6 Å². The highest BCUT2D eigenvalue weighted by atomic mass is 15.0. The van der Waals surface area contributed by atoms with E-state index in [1.54, 1.807) is 0 Å². The Morgan fingerprint density at radius 1 is 0.882 bits per heavy atom. The van der Waals surface area contributed by atoms with E-state index in [1.807, 2.05) is 24.3 Å². The van der Waals surface area contributed by atoms with Gasteiger partial charge >= 0.3 is 0 Å². The zero-order valence-electron chi connectivity index (χ0n) is 9.64. The first-order chi connectivity index (χ1) is 8.18. The van der Waals surface area contributed by atoms with Crippen LogP contribution in [-0.2, 0) is 6.42 Å². The number of hydrogen-bond donors (Lipinski definition) is 2. The van der Waals surface area contributed by atoms with E-state index in [4.69, 9.17) is 11.5 Å². The maximum atomic E-state index is 6.28. The van der Waals surface area contributed by atoms with E-state index in [0.717, 1.165) is 6.42 Å². The average molecular weight is 224 g/mol. The van der Waals surface area contributed by atoms with E-state index in [2.05, 4.69) is 30.3 Å². The van der Waals surface area contributed by atoms with E-state index in [-0.39, 0.29) is 5.92 Å². The zero-order valence-corrected chi connectivity index (χ0v) is 9.64. The summed E-state index contributed by atoms with van der Waals surface area (Å²) in [6.07, 6.45) is 0.739. The van der Waals surface area contributed by atoms with Gasteiger partial charge < -0.3 is 11.5 Å². The Bertz CT molecular complexity index is 532. The lowest BCUT2D eigenvalue weighted by atomic mass is 9.87. The molecule has 0 spiro atoms. The molecule has 0 radical (unpaired) electrons. The quantitative estimate of drug-likeness (QED) is 0.728. The Morgan fingerprint density at radius 2 is 1.53 bits per heavy atom. The van der Waals surface area contributed by atoms with Crippen LogP contribution in [0.15, 0.2) is 54.6 Å². The van der Waals surface area contributed by atoms with Gasteiger partial charge in [-0.3, -0.25) is 0 Å². The Balaban J connectivity index is 2.15. The molecule has 1 aliphatic rings. The number of rotatable bonds is 1. The summed E-state index contributed by atoms with van der Waals surface area (Å²) in [5.74, 6) is 0.0971. The molecule has 0 fully saturated rings. The van der Waals surface area contributed by atoms with Crippen LogP contribution in [-0.4, -0.2) is 5.66 Å². The molecular weight excluding hydrogens is 208 g/mol. The second-order valence-corrected chi connectivity index (χ2v) is 4.83. The monoisotopic (exact) mass is 224 g/mol. The first-order valence-electron chi connectivity index (χ1n) is 5.89. The van der Waals surface area contributed by atoms with Crippen molar-refractivity contribution in [2.75, 3.05) is 0 Å². The first kappa shape index (κ1) is 10.5. The molecular formula is C15H16N2. The summed E-state index contributed by atoms with van der Waals surface area (Å²) in [5.41, 5.74) is 15.6. The fourth-order valence-corrected chi connectivity index (χ4v) is 2.83. The van der Waals surface area contributed by atoms with Gasteiger partial charge in [0.1, 0.15) is 0 Å².